The van der Waals surface area contributed by atoms with Crippen molar-refractivity contribution in [2.45, 2.75) is 33.3 Å². The van der Waals surface area contributed by atoms with Crippen LogP contribution in [0.4, 0.5) is 11.4 Å². The number of carbonyl (C=O) groups excluding carboxylic acids is 1. The largest absolute Gasteiger partial charge is 0.388 e. The Morgan fingerprint density at radius 1 is 1.27 bits per heavy atom. The zero-order valence-corrected chi connectivity index (χ0v) is 17.5. The first-order valence-corrected chi connectivity index (χ1v) is 10.1. The summed E-state index contributed by atoms with van der Waals surface area (Å²) in [5, 5.41) is 17.2. The predicted molar refractivity (Wildman–Crippen MR) is 117 cm³/mol. The van der Waals surface area contributed by atoms with Crippen LogP contribution in [0.2, 0.25) is 5.02 Å². The second kappa shape index (κ2) is 8.38. The normalized spacial score (nSPS) is 13.6. The second-order valence-electron chi connectivity index (χ2n) is 7.64. The third-order valence-corrected chi connectivity index (χ3v) is 5.19. The number of hydrogen-bond acceptors (Lipinski definition) is 5. The zero-order valence-electron chi connectivity index (χ0n) is 16.8. The van der Waals surface area contributed by atoms with Crippen molar-refractivity contribution in [3.8, 4) is 5.69 Å². The number of fused-ring (bicyclic) bond motifs is 1. The van der Waals surface area contributed by atoms with Crippen molar-refractivity contribution in [1.82, 2.24) is 14.8 Å². The number of aromatic nitrogens is 3. The first-order valence-electron chi connectivity index (χ1n) is 9.75. The Hall–Kier alpha value is -3.03. The van der Waals surface area contributed by atoms with Gasteiger partial charge in [-0.1, -0.05) is 37.6 Å². The molecule has 0 fully saturated rings. The van der Waals surface area contributed by atoms with Gasteiger partial charge >= 0.3 is 0 Å². The molecule has 1 aromatic heterocycles. The summed E-state index contributed by atoms with van der Waals surface area (Å²) in [6.07, 6.45) is 2.36. The van der Waals surface area contributed by atoms with Crippen molar-refractivity contribution in [2.75, 3.05) is 5.32 Å². The van der Waals surface area contributed by atoms with Gasteiger partial charge in [0.05, 0.1) is 29.2 Å². The minimum atomic E-state index is -0.222. The molecule has 0 aliphatic carbocycles. The summed E-state index contributed by atoms with van der Waals surface area (Å²) in [5.41, 5.74) is 4.50. The van der Waals surface area contributed by atoms with Gasteiger partial charge in [0.15, 0.2) is 5.82 Å². The number of nitrogens with zero attached hydrogens (tertiary/aromatic N) is 4. The predicted octanol–water partition coefficient (Wildman–Crippen LogP) is 4.07. The topological polar surface area (TPSA) is 92.4 Å². The van der Waals surface area contributed by atoms with Crippen molar-refractivity contribution < 1.29 is 9.90 Å². The van der Waals surface area contributed by atoms with Crippen molar-refractivity contribution in [1.29, 1.82) is 0 Å². The fourth-order valence-corrected chi connectivity index (χ4v) is 3.74. The summed E-state index contributed by atoms with van der Waals surface area (Å²) in [5.74, 6) is 0.734. The first kappa shape index (κ1) is 20.3. The van der Waals surface area contributed by atoms with Crippen LogP contribution in [0.15, 0.2) is 47.7 Å². The number of aliphatic imine (C=N–C) groups is 1. The van der Waals surface area contributed by atoms with Crippen LogP contribution < -0.4 is 5.32 Å². The fourth-order valence-electron chi connectivity index (χ4n) is 3.50. The highest BCUT2D eigenvalue weighted by Gasteiger charge is 2.20. The molecule has 0 unspecified atom stereocenters. The lowest BCUT2D eigenvalue weighted by Gasteiger charge is -2.12. The molecule has 3 aromatic rings. The Balaban J connectivity index is 1.78. The molecule has 154 valence electrons. The van der Waals surface area contributed by atoms with Gasteiger partial charge in [-0.25, -0.2) is 9.67 Å². The molecule has 2 aromatic carbocycles. The van der Waals surface area contributed by atoms with Crippen LogP contribution in [0.1, 0.15) is 37.2 Å². The Kier molecular flexibility index (Phi) is 5.65. The quantitative estimate of drug-likeness (QED) is 0.646. The highest BCUT2D eigenvalue weighted by atomic mass is 35.5. The van der Waals surface area contributed by atoms with E-state index in [2.05, 4.69) is 29.2 Å². The number of halogens is 1. The Bertz CT molecular complexity index is 1140. The van der Waals surface area contributed by atoms with Gasteiger partial charge in [0.1, 0.15) is 12.9 Å². The van der Waals surface area contributed by atoms with Crippen LogP contribution in [0, 0.1) is 5.92 Å². The average molecular weight is 424 g/mol. The van der Waals surface area contributed by atoms with E-state index in [-0.39, 0.29) is 18.9 Å². The molecule has 1 amide bonds. The molecule has 30 heavy (non-hydrogen) atoms. The lowest BCUT2D eigenvalue weighted by atomic mass is 10.0. The lowest BCUT2D eigenvalue weighted by molar-refractivity contribution is -0.115. The van der Waals surface area contributed by atoms with Gasteiger partial charge in [-0.05, 0) is 47.7 Å². The van der Waals surface area contributed by atoms with Crippen LogP contribution in [-0.2, 0) is 17.8 Å². The molecule has 0 bridgehead atoms. The Labute approximate surface area is 179 Å². The van der Waals surface area contributed by atoms with E-state index in [4.69, 9.17) is 16.6 Å². The third-order valence-electron chi connectivity index (χ3n) is 4.83. The smallest absolute Gasteiger partial charge is 0.230 e. The molecule has 4 rings (SSSR count). The fraction of sp³-hybridized carbons (Fsp3) is 0.273. The van der Waals surface area contributed by atoms with E-state index < -0.39 is 0 Å². The van der Waals surface area contributed by atoms with Gasteiger partial charge < -0.3 is 10.4 Å². The molecule has 2 heterocycles. The van der Waals surface area contributed by atoms with Crippen LogP contribution in [0.3, 0.4) is 0 Å². The standard InChI is InChI=1S/C22H22ClN5O2/c1-13(2)6-15-8-19-20(9-17(15)23)27-22(30)10-18(26-19)14-4-3-5-16(7-14)28-21(11-29)24-12-25-28/h3-5,7-9,12-13,29H,6,10-11H2,1-2H3,(H,27,30). The van der Waals surface area contributed by atoms with E-state index in [0.29, 0.717) is 33.9 Å². The Morgan fingerprint density at radius 2 is 2.10 bits per heavy atom. The van der Waals surface area contributed by atoms with Crippen molar-refractivity contribution in [3.05, 3.63) is 64.7 Å². The summed E-state index contributed by atoms with van der Waals surface area (Å²) in [4.78, 5) is 21.4. The minimum absolute atomic E-state index is 0.138. The SMILES string of the molecule is CC(C)Cc1cc2c(cc1Cl)NC(=O)CC(c1cccc(-n3ncnc3CO)c1)=N2. The van der Waals surface area contributed by atoms with Crippen LogP contribution in [0.25, 0.3) is 5.69 Å². The van der Waals surface area contributed by atoms with E-state index in [1.54, 1.807) is 10.7 Å². The summed E-state index contributed by atoms with van der Waals surface area (Å²) in [6, 6.07) is 11.2. The van der Waals surface area contributed by atoms with Crippen molar-refractivity contribution in [2.24, 2.45) is 10.9 Å². The number of aliphatic hydroxyl groups is 1. The summed E-state index contributed by atoms with van der Waals surface area (Å²) < 4.78 is 1.56. The molecule has 7 nitrogen and oxygen atoms in total. The van der Waals surface area contributed by atoms with E-state index in [0.717, 1.165) is 23.2 Å². The molecule has 0 radical (unpaired) electrons. The number of carbonyl (C=O) groups is 1. The number of benzene rings is 2. The maximum Gasteiger partial charge on any atom is 0.230 e. The van der Waals surface area contributed by atoms with E-state index in [9.17, 15) is 9.90 Å². The van der Waals surface area contributed by atoms with Gasteiger partial charge in [-0.2, -0.15) is 5.10 Å². The van der Waals surface area contributed by atoms with Gasteiger partial charge in [0.25, 0.3) is 0 Å². The minimum Gasteiger partial charge on any atom is -0.388 e. The number of aliphatic hydroxyl groups excluding tert-OH is 1. The van der Waals surface area contributed by atoms with E-state index in [1.807, 2.05) is 30.3 Å². The molecule has 0 saturated carbocycles. The maximum absolute atomic E-state index is 12.5. The third kappa shape index (κ3) is 4.13. The molecule has 8 heteroatoms. The number of amides is 1. The molecular weight excluding hydrogens is 402 g/mol. The summed E-state index contributed by atoms with van der Waals surface area (Å²) in [6.45, 7) is 4.05. The van der Waals surface area contributed by atoms with Crippen LogP contribution >= 0.6 is 11.6 Å². The Morgan fingerprint density at radius 3 is 2.87 bits per heavy atom. The molecule has 0 saturated heterocycles. The monoisotopic (exact) mass is 423 g/mol. The number of nitrogens with one attached hydrogen (secondary N) is 1. The zero-order chi connectivity index (χ0) is 21.3. The highest BCUT2D eigenvalue weighted by molar-refractivity contribution is 6.32. The van der Waals surface area contributed by atoms with Gasteiger partial charge in [-0.15, -0.1) is 0 Å². The second-order valence-corrected chi connectivity index (χ2v) is 8.05. The maximum atomic E-state index is 12.5. The molecule has 1 aliphatic heterocycles. The van der Waals surface area contributed by atoms with E-state index >= 15 is 0 Å². The molecule has 2 N–H and O–H groups in total. The van der Waals surface area contributed by atoms with Crippen LogP contribution in [0.5, 0.6) is 0 Å². The van der Waals surface area contributed by atoms with Crippen LogP contribution in [-0.4, -0.2) is 31.5 Å². The molecular formula is C22H22ClN5O2. The van der Waals surface area contributed by atoms with Crippen molar-refractivity contribution in [3.63, 3.8) is 0 Å². The average Bonchev–Trinajstić information content (AvgIpc) is 3.13. The number of hydrogen-bond donors (Lipinski definition) is 2. The lowest BCUT2D eigenvalue weighted by Crippen LogP contribution is -2.15. The van der Waals surface area contributed by atoms with Crippen molar-refractivity contribution >= 4 is 34.6 Å². The number of anilines is 1. The van der Waals surface area contributed by atoms with Gasteiger partial charge in [-0.3, -0.25) is 9.79 Å². The van der Waals surface area contributed by atoms with Gasteiger partial charge in [0, 0.05) is 5.02 Å². The molecule has 0 atom stereocenters. The highest BCUT2D eigenvalue weighted by Crippen LogP contribution is 2.35. The molecule has 1 aliphatic rings. The van der Waals surface area contributed by atoms with Gasteiger partial charge in [0.2, 0.25) is 5.91 Å². The first-order chi connectivity index (χ1) is 14.4. The number of rotatable bonds is 5. The summed E-state index contributed by atoms with van der Waals surface area (Å²) in [7, 11) is 0. The summed E-state index contributed by atoms with van der Waals surface area (Å²) >= 11 is 6.43. The van der Waals surface area contributed by atoms with E-state index in [1.165, 1.54) is 6.33 Å². The molecule has 0 spiro atoms.